The van der Waals surface area contributed by atoms with Crippen molar-refractivity contribution >= 4 is 34.3 Å². The van der Waals surface area contributed by atoms with Gasteiger partial charge in [0.2, 0.25) is 5.89 Å². The molecule has 0 aliphatic rings. The first-order chi connectivity index (χ1) is 14.5. The number of anilines is 1. The van der Waals surface area contributed by atoms with Crippen molar-refractivity contribution in [1.29, 1.82) is 0 Å². The van der Waals surface area contributed by atoms with E-state index >= 15 is 0 Å². The number of amides is 1. The fourth-order valence-electron chi connectivity index (χ4n) is 3.19. The SMILES string of the molecule is COc1cccc(OC)c1C(=O)Nc1ccc(Cl)c(-c2nc3cc(C)ccc3o2)c1. The molecule has 0 fully saturated rings. The monoisotopic (exact) mass is 422 g/mol. The van der Waals surface area contributed by atoms with Crippen molar-refractivity contribution in [2.75, 3.05) is 19.5 Å². The molecular weight excluding hydrogens is 404 g/mol. The molecule has 4 rings (SSSR count). The number of hydrogen-bond acceptors (Lipinski definition) is 5. The molecule has 1 amide bonds. The first kappa shape index (κ1) is 19.8. The van der Waals surface area contributed by atoms with E-state index in [0.717, 1.165) is 11.1 Å². The van der Waals surface area contributed by atoms with E-state index in [1.54, 1.807) is 36.4 Å². The maximum Gasteiger partial charge on any atom is 0.263 e. The number of carbonyl (C=O) groups excluding carboxylic acids is 1. The fraction of sp³-hybridized carbons (Fsp3) is 0.130. The van der Waals surface area contributed by atoms with Crippen LogP contribution >= 0.6 is 11.6 Å². The number of nitrogens with one attached hydrogen (secondary N) is 1. The fourth-order valence-corrected chi connectivity index (χ4v) is 3.39. The summed E-state index contributed by atoms with van der Waals surface area (Å²) in [5.74, 6) is 0.836. The summed E-state index contributed by atoms with van der Waals surface area (Å²) in [6.07, 6.45) is 0. The number of ether oxygens (including phenoxy) is 2. The minimum Gasteiger partial charge on any atom is -0.496 e. The highest BCUT2D eigenvalue weighted by Gasteiger charge is 2.19. The summed E-state index contributed by atoms with van der Waals surface area (Å²) in [6, 6.07) is 16.0. The molecule has 0 spiro atoms. The number of fused-ring (bicyclic) bond motifs is 1. The number of rotatable bonds is 5. The van der Waals surface area contributed by atoms with Crippen LogP contribution in [0.2, 0.25) is 5.02 Å². The summed E-state index contributed by atoms with van der Waals surface area (Å²) >= 11 is 6.39. The summed E-state index contributed by atoms with van der Waals surface area (Å²) in [5.41, 5.74) is 3.91. The first-order valence-electron chi connectivity index (χ1n) is 9.19. The predicted octanol–water partition coefficient (Wildman–Crippen LogP) is 5.73. The number of methoxy groups -OCH3 is 2. The van der Waals surface area contributed by atoms with Gasteiger partial charge < -0.3 is 19.2 Å². The minimum atomic E-state index is -0.370. The Morgan fingerprint density at radius 3 is 2.47 bits per heavy atom. The number of carbonyl (C=O) groups is 1. The molecule has 0 radical (unpaired) electrons. The average Bonchev–Trinajstić information content (AvgIpc) is 3.17. The van der Waals surface area contributed by atoms with Gasteiger partial charge in [-0.3, -0.25) is 4.79 Å². The molecule has 0 aliphatic carbocycles. The van der Waals surface area contributed by atoms with Gasteiger partial charge >= 0.3 is 0 Å². The molecule has 0 bridgehead atoms. The molecule has 1 aromatic heterocycles. The summed E-state index contributed by atoms with van der Waals surface area (Å²) in [6.45, 7) is 1.99. The van der Waals surface area contributed by atoms with Crippen molar-refractivity contribution in [3.8, 4) is 23.0 Å². The van der Waals surface area contributed by atoms with Gasteiger partial charge in [0.1, 0.15) is 22.6 Å². The van der Waals surface area contributed by atoms with Gasteiger partial charge in [0.05, 0.1) is 24.8 Å². The molecule has 7 heteroatoms. The summed E-state index contributed by atoms with van der Waals surface area (Å²) in [4.78, 5) is 17.5. The van der Waals surface area contributed by atoms with Crippen LogP contribution in [0.5, 0.6) is 11.5 Å². The summed E-state index contributed by atoms with van der Waals surface area (Å²) in [5, 5.41) is 3.32. The second-order valence-electron chi connectivity index (χ2n) is 6.68. The van der Waals surface area contributed by atoms with Gasteiger partial charge in [0.25, 0.3) is 5.91 Å². The van der Waals surface area contributed by atoms with E-state index in [9.17, 15) is 4.79 Å². The molecule has 0 saturated carbocycles. The molecule has 6 nitrogen and oxygen atoms in total. The molecule has 152 valence electrons. The van der Waals surface area contributed by atoms with Crippen LogP contribution in [0.15, 0.2) is 59.0 Å². The number of benzene rings is 3. The highest BCUT2D eigenvalue weighted by molar-refractivity contribution is 6.33. The van der Waals surface area contributed by atoms with Crippen molar-refractivity contribution in [3.63, 3.8) is 0 Å². The van der Waals surface area contributed by atoms with Crippen molar-refractivity contribution < 1.29 is 18.7 Å². The van der Waals surface area contributed by atoms with E-state index in [2.05, 4.69) is 10.3 Å². The van der Waals surface area contributed by atoms with Gasteiger partial charge in [-0.25, -0.2) is 4.98 Å². The molecule has 0 aliphatic heterocycles. The maximum absolute atomic E-state index is 12.9. The van der Waals surface area contributed by atoms with Crippen LogP contribution in [0, 0.1) is 6.92 Å². The van der Waals surface area contributed by atoms with E-state index < -0.39 is 0 Å². The van der Waals surface area contributed by atoms with E-state index in [4.69, 9.17) is 25.5 Å². The second kappa shape index (κ2) is 8.08. The lowest BCUT2D eigenvalue weighted by atomic mass is 10.1. The quantitative estimate of drug-likeness (QED) is 0.444. The normalized spacial score (nSPS) is 10.8. The third-order valence-electron chi connectivity index (χ3n) is 4.65. The zero-order valence-electron chi connectivity index (χ0n) is 16.7. The van der Waals surface area contributed by atoms with Crippen LogP contribution < -0.4 is 14.8 Å². The van der Waals surface area contributed by atoms with Crippen LogP contribution in [0.25, 0.3) is 22.6 Å². The van der Waals surface area contributed by atoms with Gasteiger partial charge in [-0.05, 0) is 55.0 Å². The number of hydrogen-bond donors (Lipinski definition) is 1. The Bertz CT molecular complexity index is 1230. The highest BCUT2D eigenvalue weighted by Crippen LogP contribution is 2.34. The van der Waals surface area contributed by atoms with Gasteiger partial charge in [0.15, 0.2) is 5.58 Å². The van der Waals surface area contributed by atoms with E-state index in [0.29, 0.717) is 44.8 Å². The third kappa shape index (κ3) is 3.69. The lowest BCUT2D eigenvalue weighted by Gasteiger charge is -2.13. The Labute approximate surface area is 178 Å². The Hall–Kier alpha value is -3.51. The number of aryl methyl sites for hydroxylation is 1. The molecule has 0 saturated heterocycles. The van der Waals surface area contributed by atoms with Crippen molar-refractivity contribution in [3.05, 3.63) is 70.7 Å². The zero-order chi connectivity index (χ0) is 21.3. The summed E-state index contributed by atoms with van der Waals surface area (Å²) in [7, 11) is 3.00. The molecule has 0 atom stereocenters. The minimum absolute atomic E-state index is 0.302. The largest absolute Gasteiger partial charge is 0.496 e. The molecule has 0 unspecified atom stereocenters. The zero-order valence-corrected chi connectivity index (χ0v) is 17.4. The molecule has 1 N–H and O–H groups in total. The Kier molecular flexibility index (Phi) is 5.33. The number of oxazole rings is 1. The Morgan fingerprint density at radius 2 is 1.77 bits per heavy atom. The van der Waals surface area contributed by atoms with E-state index in [-0.39, 0.29) is 5.91 Å². The summed E-state index contributed by atoms with van der Waals surface area (Å²) < 4.78 is 16.5. The van der Waals surface area contributed by atoms with Gasteiger partial charge in [-0.2, -0.15) is 0 Å². The number of aromatic nitrogens is 1. The number of nitrogens with zero attached hydrogens (tertiary/aromatic N) is 1. The molecule has 4 aromatic rings. The molecular formula is C23H19ClN2O4. The van der Waals surface area contributed by atoms with Crippen LogP contribution in [0.3, 0.4) is 0 Å². The van der Waals surface area contributed by atoms with Gasteiger partial charge in [-0.15, -0.1) is 0 Å². The van der Waals surface area contributed by atoms with Crippen molar-refractivity contribution in [1.82, 2.24) is 4.98 Å². The number of halogens is 1. The lowest BCUT2D eigenvalue weighted by Crippen LogP contribution is -2.14. The predicted molar refractivity (Wildman–Crippen MR) is 117 cm³/mol. The van der Waals surface area contributed by atoms with Crippen molar-refractivity contribution in [2.24, 2.45) is 0 Å². The maximum atomic E-state index is 12.9. The van der Waals surface area contributed by atoms with Crippen LogP contribution in [0.4, 0.5) is 5.69 Å². The lowest BCUT2D eigenvalue weighted by molar-refractivity contribution is 0.102. The topological polar surface area (TPSA) is 73.6 Å². The highest BCUT2D eigenvalue weighted by atomic mass is 35.5. The standard InChI is InChI=1S/C23H19ClN2O4/c1-13-7-10-18-17(11-13)26-23(30-18)15-12-14(8-9-16(15)24)25-22(27)21-19(28-2)5-4-6-20(21)29-3/h4-12H,1-3H3,(H,25,27). The van der Waals surface area contributed by atoms with E-state index in [1.807, 2.05) is 25.1 Å². The van der Waals surface area contributed by atoms with Crippen molar-refractivity contribution in [2.45, 2.75) is 6.92 Å². The Morgan fingerprint density at radius 1 is 1.03 bits per heavy atom. The molecule has 3 aromatic carbocycles. The average molecular weight is 423 g/mol. The second-order valence-corrected chi connectivity index (χ2v) is 7.08. The molecule has 30 heavy (non-hydrogen) atoms. The van der Waals surface area contributed by atoms with Crippen LogP contribution in [-0.4, -0.2) is 25.1 Å². The third-order valence-corrected chi connectivity index (χ3v) is 4.98. The molecule has 1 heterocycles. The first-order valence-corrected chi connectivity index (χ1v) is 9.57. The van der Waals surface area contributed by atoms with Crippen LogP contribution in [0.1, 0.15) is 15.9 Å². The van der Waals surface area contributed by atoms with E-state index in [1.165, 1.54) is 14.2 Å². The van der Waals surface area contributed by atoms with Crippen LogP contribution in [-0.2, 0) is 0 Å². The smallest absolute Gasteiger partial charge is 0.263 e. The van der Waals surface area contributed by atoms with Gasteiger partial charge in [-0.1, -0.05) is 23.7 Å². The Balaban J connectivity index is 1.69. The van der Waals surface area contributed by atoms with Gasteiger partial charge in [0, 0.05) is 5.69 Å².